The van der Waals surface area contributed by atoms with Crippen LogP contribution in [0.2, 0.25) is 10.0 Å². The SMILES string of the molecule is CSCCC(C)NC(=O)c1cc([N+](=O)[O-])cc(Cl)c1Cl. The summed E-state index contributed by atoms with van der Waals surface area (Å²) in [4.78, 5) is 22.2. The van der Waals surface area contributed by atoms with Crippen molar-refractivity contribution in [3.8, 4) is 0 Å². The normalized spacial score (nSPS) is 12.0. The molecule has 1 aromatic rings. The van der Waals surface area contributed by atoms with Crippen LogP contribution in [0.15, 0.2) is 12.1 Å². The van der Waals surface area contributed by atoms with Gasteiger partial charge in [-0.15, -0.1) is 0 Å². The molecule has 0 aliphatic heterocycles. The third-order valence-electron chi connectivity index (χ3n) is 2.60. The van der Waals surface area contributed by atoms with Crippen LogP contribution in [0.4, 0.5) is 5.69 Å². The van der Waals surface area contributed by atoms with Gasteiger partial charge in [-0.05, 0) is 25.4 Å². The maximum absolute atomic E-state index is 12.1. The highest BCUT2D eigenvalue weighted by Gasteiger charge is 2.20. The van der Waals surface area contributed by atoms with Gasteiger partial charge in [0.25, 0.3) is 11.6 Å². The molecule has 1 aromatic carbocycles. The summed E-state index contributed by atoms with van der Waals surface area (Å²) in [6.07, 6.45) is 2.78. The van der Waals surface area contributed by atoms with E-state index in [1.165, 1.54) is 0 Å². The minimum absolute atomic E-state index is 0.0113. The van der Waals surface area contributed by atoms with E-state index in [2.05, 4.69) is 5.32 Å². The number of amides is 1. The number of thioether (sulfide) groups is 1. The Kier molecular flexibility index (Phi) is 6.58. The lowest BCUT2D eigenvalue weighted by atomic mass is 10.1. The molecule has 0 saturated heterocycles. The summed E-state index contributed by atoms with van der Waals surface area (Å²) in [7, 11) is 0. The zero-order valence-corrected chi connectivity index (χ0v) is 13.3. The van der Waals surface area contributed by atoms with Gasteiger partial charge in [-0.2, -0.15) is 11.8 Å². The summed E-state index contributed by atoms with van der Waals surface area (Å²) in [5.74, 6) is 0.444. The number of nitro groups is 1. The van der Waals surface area contributed by atoms with Gasteiger partial charge in [0, 0.05) is 18.2 Å². The fourth-order valence-corrected chi connectivity index (χ4v) is 2.51. The standard InChI is InChI=1S/C12H14Cl2N2O3S/c1-7(3-4-20-2)15-12(17)9-5-8(16(18)19)6-10(13)11(9)14/h5-7H,3-4H2,1-2H3,(H,15,17). The second-order valence-corrected chi connectivity index (χ2v) is 5.97. The molecule has 20 heavy (non-hydrogen) atoms. The van der Waals surface area contributed by atoms with E-state index in [1.54, 1.807) is 11.8 Å². The Bertz CT molecular complexity index is 526. The fourth-order valence-electron chi connectivity index (χ4n) is 1.51. The van der Waals surface area contributed by atoms with E-state index in [0.717, 1.165) is 24.3 Å². The zero-order chi connectivity index (χ0) is 15.3. The molecular weight excluding hydrogens is 323 g/mol. The maximum Gasteiger partial charge on any atom is 0.271 e. The van der Waals surface area contributed by atoms with Gasteiger partial charge in [0.15, 0.2) is 0 Å². The molecule has 1 unspecified atom stereocenters. The largest absolute Gasteiger partial charge is 0.350 e. The molecule has 0 heterocycles. The number of nitrogens with zero attached hydrogens (tertiary/aromatic N) is 1. The van der Waals surface area contributed by atoms with Crippen LogP contribution in [0, 0.1) is 10.1 Å². The van der Waals surface area contributed by atoms with Crippen molar-refractivity contribution in [2.24, 2.45) is 0 Å². The van der Waals surface area contributed by atoms with Gasteiger partial charge in [0.2, 0.25) is 0 Å². The molecule has 110 valence electrons. The minimum Gasteiger partial charge on any atom is -0.350 e. The number of non-ortho nitro benzene ring substituents is 1. The number of halogens is 2. The Hall–Kier alpha value is -0.980. The maximum atomic E-state index is 12.1. The summed E-state index contributed by atoms with van der Waals surface area (Å²) >= 11 is 13.4. The van der Waals surface area contributed by atoms with E-state index in [4.69, 9.17) is 23.2 Å². The first-order valence-electron chi connectivity index (χ1n) is 5.80. The van der Waals surface area contributed by atoms with Crippen molar-refractivity contribution in [1.29, 1.82) is 0 Å². The molecule has 1 N–H and O–H groups in total. The lowest BCUT2D eigenvalue weighted by molar-refractivity contribution is -0.384. The average Bonchev–Trinajstić information content (AvgIpc) is 2.38. The highest BCUT2D eigenvalue weighted by atomic mass is 35.5. The van der Waals surface area contributed by atoms with Crippen molar-refractivity contribution in [1.82, 2.24) is 5.32 Å². The zero-order valence-electron chi connectivity index (χ0n) is 11.0. The van der Waals surface area contributed by atoms with Gasteiger partial charge in [-0.1, -0.05) is 23.2 Å². The topological polar surface area (TPSA) is 72.2 Å². The molecule has 0 aliphatic carbocycles. The van der Waals surface area contributed by atoms with Gasteiger partial charge in [-0.3, -0.25) is 14.9 Å². The van der Waals surface area contributed by atoms with Crippen LogP contribution in [-0.4, -0.2) is 28.9 Å². The second kappa shape index (κ2) is 7.71. The van der Waals surface area contributed by atoms with Gasteiger partial charge < -0.3 is 5.32 Å². The predicted molar refractivity (Wildman–Crippen MR) is 83.0 cm³/mol. The van der Waals surface area contributed by atoms with Crippen LogP contribution < -0.4 is 5.32 Å². The van der Waals surface area contributed by atoms with Crippen molar-refractivity contribution in [3.63, 3.8) is 0 Å². The molecule has 0 spiro atoms. The van der Waals surface area contributed by atoms with Crippen molar-refractivity contribution in [2.45, 2.75) is 19.4 Å². The number of nitro benzene ring substituents is 1. The molecule has 0 saturated carbocycles. The molecule has 0 aromatic heterocycles. The van der Waals surface area contributed by atoms with E-state index in [0.29, 0.717) is 0 Å². The van der Waals surface area contributed by atoms with Crippen LogP contribution in [0.1, 0.15) is 23.7 Å². The smallest absolute Gasteiger partial charge is 0.271 e. The molecule has 0 radical (unpaired) electrons. The van der Waals surface area contributed by atoms with E-state index in [-0.39, 0.29) is 27.3 Å². The van der Waals surface area contributed by atoms with Gasteiger partial charge in [0.1, 0.15) is 0 Å². The molecule has 1 atom stereocenters. The summed E-state index contributed by atoms with van der Waals surface area (Å²) in [5, 5.41) is 13.5. The number of nitrogens with one attached hydrogen (secondary N) is 1. The van der Waals surface area contributed by atoms with Crippen molar-refractivity contribution < 1.29 is 9.72 Å². The molecule has 0 fully saturated rings. The van der Waals surface area contributed by atoms with Crippen LogP contribution in [0.5, 0.6) is 0 Å². The monoisotopic (exact) mass is 336 g/mol. The molecule has 0 aliphatic rings. The van der Waals surface area contributed by atoms with Crippen molar-refractivity contribution in [2.75, 3.05) is 12.0 Å². The van der Waals surface area contributed by atoms with Gasteiger partial charge in [-0.25, -0.2) is 0 Å². The van der Waals surface area contributed by atoms with Crippen LogP contribution in [0.25, 0.3) is 0 Å². The number of carbonyl (C=O) groups excluding carboxylic acids is 1. The third-order valence-corrected chi connectivity index (χ3v) is 4.05. The van der Waals surface area contributed by atoms with E-state index >= 15 is 0 Å². The van der Waals surface area contributed by atoms with E-state index < -0.39 is 10.8 Å². The number of benzene rings is 1. The predicted octanol–water partition coefficient (Wildman–Crippen LogP) is 3.77. The summed E-state index contributed by atoms with van der Waals surface area (Å²) in [5.41, 5.74) is -0.247. The molecular formula is C12H14Cl2N2O3S. The van der Waals surface area contributed by atoms with Crippen LogP contribution >= 0.6 is 35.0 Å². The first-order chi connectivity index (χ1) is 9.36. The fraction of sp³-hybridized carbons (Fsp3) is 0.417. The van der Waals surface area contributed by atoms with Crippen LogP contribution in [0.3, 0.4) is 0 Å². The minimum atomic E-state index is -0.615. The molecule has 0 bridgehead atoms. The molecule has 1 rings (SSSR count). The lowest BCUT2D eigenvalue weighted by Gasteiger charge is -2.14. The van der Waals surface area contributed by atoms with Gasteiger partial charge in [0.05, 0.1) is 20.5 Å². The van der Waals surface area contributed by atoms with Crippen LogP contribution in [-0.2, 0) is 0 Å². The summed E-state index contributed by atoms with van der Waals surface area (Å²) in [6.45, 7) is 1.86. The third kappa shape index (κ3) is 4.54. The number of rotatable bonds is 6. The number of hydrogen-bond donors (Lipinski definition) is 1. The number of carbonyl (C=O) groups is 1. The second-order valence-electron chi connectivity index (χ2n) is 4.20. The van der Waals surface area contributed by atoms with E-state index in [1.807, 2.05) is 13.2 Å². The highest BCUT2D eigenvalue weighted by molar-refractivity contribution is 7.98. The molecule has 5 nitrogen and oxygen atoms in total. The van der Waals surface area contributed by atoms with Crippen molar-refractivity contribution in [3.05, 3.63) is 37.9 Å². The van der Waals surface area contributed by atoms with E-state index in [9.17, 15) is 14.9 Å². The first-order valence-corrected chi connectivity index (χ1v) is 7.95. The van der Waals surface area contributed by atoms with Crippen molar-refractivity contribution >= 4 is 46.6 Å². The Labute approximate surface area is 131 Å². The van der Waals surface area contributed by atoms with Gasteiger partial charge >= 0.3 is 0 Å². The molecule has 8 heteroatoms. The number of hydrogen-bond acceptors (Lipinski definition) is 4. The average molecular weight is 337 g/mol. The quantitative estimate of drug-likeness (QED) is 0.633. The molecule has 1 amide bonds. The lowest BCUT2D eigenvalue weighted by Crippen LogP contribution is -2.33. The first kappa shape index (κ1) is 17.1. The Morgan fingerprint density at radius 2 is 2.15 bits per heavy atom. The summed E-state index contributed by atoms with van der Waals surface area (Å²) in [6, 6.07) is 2.20. The Balaban J connectivity index is 2.94. The summed E-state index contributed by atoms with van der Waals surface area (Å²) < 4.78 is 0. The Morgan fingerprint density at radius 1 is 1.50 bits per heavy atom. The Morgan fingerprint density at radius 3 is 2.70 bits per heavy atom. The highest BCUT2D eigenvalue weighted by Crippen LogP contribution is 2.30.